The van der Waals surface area contributed by atoms with E-state index in [0.29, 0.717) is 30.7 Å². The fourth-order valence-electron chi connectivity index (χ4n) is 5.02. The third-order valence-electron chi connectivity index (χ3n) is 7.24. The number of aromatic nitrogens is 1. The standard InChI is InChI=1S/C24H30F6N2OS/c1-13-17(7-9-20(31-13)23(25,26)27)22(33)32-21(24(28,29)30)18-11-16(10-14-2-3-14)6-8-19(18)34-12-15-4-5-15/h7,9,14-16,18-19,21H,2-6,8,10-12H2,1H3,(H,32,33). The summed E-state index contributed by atoms with van der Waals surface area (Å²) in [5.41, 5.74) is -1.70. The van der Waals surface area contributed by atoms with Crippen LogP contribution in [0.15, 0.2) is 12.1 Å². The Morgan fingerprint density at radius 2 is 1.68 bits per heavy atom. The van der Waals surface area contributed by atoms with Gasteiger partial charge in [0.1, 0.15) is 11.7 Å². The molecule has 10 heteroatoms. The van der Waals surface area contributed by atoms with Gasteiger partial charge in [0.2, 0.25) is 0 Å². The van der Waals surface area contributed by atoms with Crippen molar-refractivity contribution in [3.05, 3.63) is 29.1 Å². The Bertz CT molecular complexity index is 881. The van der Waals surface area contributed by atoms with Gasteiger partial charge in [-0.3, -0.25) is 4.79 Å². The third-order valence-corrected chi connectivity index (χ3v) is 8.91. The van der Waals surface area contributed by atoms with Crippen molar-refractivity contribution in [2.45, 2.75) is 81.9 Å². The van der Waals surface area contributed by atoms with Crippen molar-refractivity contribution in [2.24, 2.45) is 23.7 Å². The van der Waals surface area contributed by atoms with Crippen LogP contribution >= 0.6 is 11.8 Å². The van der Waals surface area contributed by atoms with Crippen LogP contribution in [0.5, 0.6) is 0 Å². The largest absolute Gasteiger partial charge is 0.433 e. The van der Waals surface area contributed by atoms with Gasteiger partial charge in [-0.25, -0.2) is 4.98 Å². The Morgan fingerprint density at radius 1 is 1.03 bits per heavy atom. The first kappa shape index (κ1) is 25.6. The zero-order valence-corrected chi connectivity index (χ0v) is 19.8. The molecule has 0 radical (unpaired) electrons. The number of nitrogens with one attached hydrogen (secondary N) is 1. The highest BCUT2D eigenvalue weighted by atomic mass is 32.2. The fourth-order valence-corrected chi connectivity index (χ4v) is 6.69. The summed E-state index contributed by atoms with van der Waals surface area (Å²) in [6.45, 7) is 1.20. The molecule has 4 unspecified atom stereocenters. The highest BCUT2D eigenvalue weighted by Gasteiger charge is 2.50. The van der Waals surface area contributed by atoms with Crippen molar-refractivity contribution in [3.63, 3.8) is 0 Å². The monoisotopic (exact) mass is 508 g/mol. The molecule has 4 atom stereocenters. The number of hydrogen-bond donors (Lipinski definition) is 1. The molecule has 4 rings (SSSR count). The first-order valence-electron chi connectivity index (χ1n) is 12.0. The minimum Gasteiger partial charge on any atom is -0.340 e. The molecular weight excluding hydrogens is 478 g/mol. The smallest absolute Gasteiger partial charge is 0.340 e. The van der Waals surface area contributed by atoms with E-state index in [9.17, 15) is 31.1 Å². The maximum absolute atomic E-state index is 14.3. The van der Waals surface area contributed by atoms with E-state index in [1.165, 1.54) is 6.92 Å². The van der Waals surface area contributed by atoms with Crippen LogP contribution in [0.2, 0.25) is 0 Å². The third kappa shape index (κ3) is 6.61. The molecule has 3 nitrogen and oxygen atoms in total. The summed E-state index contributed by atoms with van der Waals surface area (Å²) in [4.78, 5) is 16.2. The van der Waals surface area contributed by atoms with Gasteiger partial charge >= 0.3 is 12.4 Å². The Hall–Kier alpha value is -1.45. The van der Waals surface area contributed by atoms with Crippen LogP contribution in [0.4, 0.5) is 26.3 Å². The van der Waals surface area contributed by atoms with E-state index in [2.05, 4.69) is 10.3 Å². The maximum atomic E-state index is 14.3. The highest BCUT2D eigenvalue weighted by molar-refractivity contribution is 7.99. The Morgan fingerprint density at radius 3 is 2.24 bits per heavy atom. The molecule has 3 saturated carbocycles. The summed E-state index contributed by atoms with van der Waals surface area (Å²) in [6.07, 6.45) is -1.88. The predicted octanol–water partition coefficient (Wildman–Crippen LogP) is 6.80. The van der Waals surface area contributed by atoms with Crippen molar-refractivity contribution < 1.29 is 31.1 Å². The topological polar surface area (TPSA) is 42.0 Å². The zero-order valence-electron chi connectivity index (χ0n) is 19.0. The number of thioether (sulfide) groups is 1. The van der Waals surface area contributed by atoms with Gasteiger partial charge in [-0.2, -0.15) is 38.1 Å². The second-order valence-corrected chi connectivity index (χ2v) is 11.4. The van der Waals surface area contributed by atoms with Crippen molar-refractivity contribution in [1.82, 2.24) is 10.3 Å². The Balaban J connectivity index is 1.53. The normalized spacial score (nSPS) is 26.9. The average Bonchev–Trinajstić information content (AvgIpc) is 3.65. The summed E-state index contributed by atoms with van der Waals surface area (Å²) >= 11 is 1.60. The van der Waals surface area contributed by atoms with E-state index in [0.717, 1.165) is 50.3 Å². The first-order valence-corrected chi connectivity index (χ1v) is 13.0. The molecule has 0 aliphatic heterocycles. The molecule has 1 amide bonds. The molecule has 34 heavy (non-hydrogen) atoms. The van der Waals surface area contributed by atoms with Crippen molar-refractivity contribution in [3.8, 4) is 0 Å². The predicted molar refractivity (Wildman–Crippen MR) is 118 cm³/mol. The molecule has 0 saturated heterocycles. The summed E-state index contributed by atoms with van der Waals surface area (Å²) < 4.78 is 81.6. The van der Waals surface area contributed by atoms with Gasteiger partial charge < -0.3 is 5.32 Å². The van der Waals surface area contributed by atoms with E-state index in [1.54, 1.807) is 11.8 Å². The minimum absolute atomic E-state index is 0.199. The first-order chi connectivity index (χ1) is 15.9. The van der Waals surface area contributed by atoms with Gasteiger partial charge in [0.05, 0.1) is 11.3 Å². The molecule has 3 aliphatic rings. The number of aryl methyl sites for hydroxylation is 1. The van der Waals surface area contributed by atoms with Gasteiger partial charge in [0.15, 0.2) is 0 Å². The molecule has 0 aromatic carbocycles. The van der Waals surface area contributed by atoms with E-state index >= 15 is 0 Å². The minimum atomic E-state index is -4.70. The number of amides is 1. The molecule has 0 spiro atoms. The number of hydrogen-bond acceptors (Lipinski definition) is 3. The maximum Gasteiger partial charge on any atom is 0.433 e. The molecular formula is C24H30F6N2OS. The number of carbonyl (C=O) groups excluding carboxylic acids is 1. The molecule has 190 valence electrons. The van der Waals surface area contributed by atoms with Crippen molar-refractivity contribution in [2.75, 3.05) is 5.75 Å². The van der Waals surface area contributed by atoms with Gasteiger partial charge in [-0.1, -0.05) is 12.8 Å². The molecule has 1 aromatic heterocycles. The molecule has 3 fully saturated rings. The van der Waals surface area contributed by atoms with Gasteiger partial charge in [0, 0.05) is 11.2 Å². The summed E-state index contributed by atoms with van der Waals surface area (Å²) in [5.74, 6) is 0.459. The van der Waals surface area contributed by atoms with Crippen molar-refractivity contribution >= 4 is 17.7 Å². The molecule has 1 N–H and O–H groups in total. The van der Waals surface area contributed by atoms with Crippen LogP contribution < -0.4 is 5.32 Å². The summed E-state index contributed by atoms with van der Waals surface area (Å²) in [6, 6.07) is -0.504. The van der Waals surface area contributed by atoms with Crippen LogP contribution in [0.25, 0.3) is 0 Å². The van der Waals surface area contributed by atoms with E-state index in [4.69, 9.17) is 0 Å². The zero-order chi connectivity index (χ0) is 24.7. The van der Waals surface area contributed by atoms with Crippen molar-refractivity contribution in [1.29, 1.82) is 0 Å². The quantitative estimate of drug-likeness (QED) is 0.393. The second-order valence-electron chi connectivity index (χ2n) is 10.2. The number of halogens is 6. The number of alkyl halides is 6. The summed E-state index contributed by atoms with van der Waals surface area (Å²) in [7, 11) is 0. The van der Waals surface area contributed by atoms with Crippen LogP contribution in [0.3, 0.4) is 0 Å². The second kappa shape index (κ2) is 9.90. The fraction of sp³-hybridized carbons (Fsp3) is 0.750. The lowest BCUT2D eigenvalue weighted by atomic mass is 9.75. The lowest BCUT2D eigenvalue weighted by molar-refractivity contribution is -0.168. The highest BCUT2D eigenvalue weighted by Crippen LogP contribution is 2.48. The van der Waals surface area contributed by atoms with E-state index in [-0.39, 0.29) is 22.4 Å². The SMILES string of the molecule is Cc1nc(C(F)(F)F)ccc1C(=O)NC(C1CC(CC2CC2)CCC1SCC1CC1)C(F)(F)F. The van der Waals surface area contributed by atoms with Crippen LogP contribution in [0.1, 0.15) is 73.1 Å². The Kier molecular flexibility index (Phi) is 7.46. The molecule has 0 bridgehead atoms. The average molecular weight is 509 g/mol. The number of pyridine rings is 1. The lowest BCUT2D eigenvalue weighted by Crippen LogP contribution is -2.54. The van der Waals surface area contributed by atoms with Crippen LogP contribution in [-0.2, 0) is 6.18 Å². The van der Waals surface area contributed by atoms with Crippen LogP contribution in [0, 0.1) is 30.6 Å². The lowest BCUT2D eigenvalue weighted by Gasteiger charge is -2.41. The summed E-state index contributed by atoms with van der Waals surface area (Å²) in [5, 5.41) is 1.97. The number of rotatable bonds is 8. The Labute approximate surface area is 199 Å². The number of nitrogens with zero attached hydrogens (tertiary/aromatic N) is 1. The van der Waals surface area contributed by atoms with Gasteiger partial charge in [-0.15, -0.1) is 0 Å². The molecule has 1 heterocycles. The van der Waals surface area contributed by atoms with E-state index in [1.807, 2.05) is 0 Å². The van der Waals surface area contributed by atoms with Gasteiger partial charge in [0.25, 0.3) is 5.91 Å². The van der Waals surface area contributed by atoms with Gasteiger partial charge in [-0.05, 0) is 81.1 Å². The van der Waals surface area contributed by atoms with E-state index < -0.39 is 35.9 Å². The number of carbonyl (C=O) groups is 1. The molecule has 1 aromatic rings. The van der Waals surface area contributed by atoms with Crippen LogP contribution in [-0.4, -0.2) is 34.1 Å². The molecule has 3 aliphatic carbocycles.